The lowest BCUT2D eigenvalue weighted by Crippen LogP contribution is -2.37. The van der Waals surface area contributed by atoms with Crippen LogP contribution in [0.4, 0.5) is 5.69 Å². The zero-order valence-electron chi connectivity index (χ0n) is 14.1. The van der Waals surface area contributed by atoms with Crippen LogP contribution in [-0.2, 0) is 14.3 Å². The smallest absolute Gasteiger partial charge is 0.336 e. The van der Waals surface area contributed by atoms with Crippen molar-refractivity contribution in [1.82, 2.24) is 0 Å². The second kappa shape index (κ2) is 6.13. The third-order valence-electron chi connectivity index (χ3n) is 5.00. The number of ether oxygens (including phenoxy) is 3. The molecule has 0 aliphatic carbocycles. The van der Waals surface area contributed by atoms with Gasteiger partial charge < -0.3 is 14.2 Å². The fraction of sp³-hybridized carbons (Fsp3) is 0.200. The molecule has 2 aromatic carbocycles. The van der Waals surface area contributed by atoms with Gasteiger partial charge in [0.25, 0.3) is 0 Å². The first-order valence-corrected chi connectivity index (χ1v) is 9.29. The zero-order valence-corrected chi connectivity index (χ0v) is 15.7. The molecular formula is C20H14BrNO5. The molecule has 0 saturated carbocycles. The van der Waals surface area contributed by atoms with Gasteiger partial charge in [-0.15, -0.1) is 0 Å². The molecule has 136 valence electrons. The molecule has 1 atom stereocenters. The summed E-state index contributed by atoms with van der Waals surface area (Å²) in [5.41, 5.74) is 2.71. The first-order chi connectivity index (χ1) is 13.1. The van der Waals surface area contributed by atoms with Gasteiger partial charge in [0.05, 0.1) is 11.3 Å². The predicted molar refractivity (Wildman–Crippen MR) is 99.5 cm³/mol. The Bertz CT molecular complexity index is 998. The van der Waals surface area contributed by atoms with E-state index in [4.69, 9.17) is 14.2 Å². The highest BCUT2D eigenvalue weighted by Crippen LogP contribution is 2.44. The summed E-state index contributed by atoms with van der Waals surface area (Å²) in [5, 5.41) is 0. The maximum atomic E-state index is 13.0. The van der Waals surface area contributed by atoms with Crippen molar-refractivity contribution < 1.29 is 23.8 Å². The van der Waals surface area contributed by atoms with Gasteiger partial charge in [0.1, 0.15) is 6.61 Å². The molecule has 1 amide bonds. The van der Waals surface area contributed by atoms with Crippen molar-refractivity contribution >= 4 is 33.5 Å². The number of rotatable bonds is 2. The van der Waals surface area contributed by atoms with Gasteiger partial charge in [-0.25, -0.2) is 4.79 Å². The maximum Gasteiger partial charge on any atom is 0.336 e. The van der Waals surface area contributed by atoms with Crippen LogP contribution in [0.25, 0.3) is 0 Å². The molecule has 0 bridgehead atoms. The number of esters is 1. The quantitative estimate of drug-likeness (QED) is 0.686. The highest BCUT2D eigenvalue weighted by Gasteiger charge is 2.43. The number of fused-ring (bicyclic) bond motifs is 1. The van der Waals surface area contributed by atoms with Crippen LogP contribution in [-0.4, -0.2) is 25.3 Å². The van der Waals surface area contributed by atoms with Crippen LogP contribution in [0, 0.1) is 0 Å². The molecule has 5 rings (SSSR count). The van der Waals surface area contributed by atoms with Crippen LogP contribution in [0.1, 0.15) is 17.9 Å². The summed E-state index contributed by atoms with van der Waals surface area (Å²) in [6.45, 7) is 0.271. The number of anilines is 1. The number of cyclic esters (lactones) is 1. The van der Waals surface area contributed by atoms with E-state index in [2.05, 4.69) is 15.9 Å². The number of carbonyl (C=O) groups excluding carboxylic acids is 2. The third kappa shape index (κ3) is 2.61. The Morgan fingerprint density at radius 2 is 1.74 bits per heavy atom. The normalized spacial score (nSPS) is 20.8. The standard InChI is InChI=1S/C20H14BrNO5/c21-12-2-4-13(5-3-12)22-15-9-25-20(24)19(15)14(8-18(22)23)11-1-6-16-17(7-11)27-10-26-16/h1-7,14H,8-10H2/t14-/m1/s1. The molecule has 0 fully saturated rings. The van der Waals surface area contributed by atoms with E-state index in [0.717, 1.165) is 15.7 Å². The lowest BCUT2D eigenvalue weighted by Gasteiger charge is -2.32. The number of nitrogens with zero attached hydrogens (tertiary/aromatic N) is 1. The van der Waals surface area contributed by atoms with Crippen LogP contribution < -0.4 is 14.4 Å². The third-order valence-corrected chi connectivity index (χ3v) is 5.53. The van der Waals surface area contributed by atoms with E-state index in [9.17, 15) is 9.59 Å². The minimum atomic E-state index is -0.373. The number of hydrogen-bond donors (Lipinski definition) is 0. The predicted octanol–water partition coefficient (Wildman–Crippen LogP) is 3.51. The average Bonchev–Trinajstić information content (AvgIpc) is 3.28. The Morgan fingerprint density at radius 3 is 2.56 bits per heavy atom. The van der Waals surface area contributed by atoms with Gasteiger partial charge in [0, 0.05) is 22.5 Å². The molecule has 3 aliphatic rings. The van der Waals surface area contributed by atoms with E-state index in [1.54, 1.807) is 4.90 Å². The second-order valence-electron chi connectivity index (χ2n) is 6.51. The number of benzene rings is 2. The van der Waals surface area contributed by atoms with Crippen molar-refractivity contribution in [2.24, 2.45) is 0 Å². The Morgan fingerprint density at radius 1 is 0.963 bits per heavy atom. The van der Waals surface area contributed by atoms with Gasteiger partial charge >= 0.3 is 5.97 Å². The number of halogens is 1. The molecule has 0 radical (unpaired) electrons. The molecule has 0 aromatic heterocycles. The first-order valence-electron chi connectivity index (χ1n) is 8.50. The van der Waals surface area contributed by atoms with Crippen molar-refractivity contribution in [1.29, 1.82) is 0 Å². The van der Waals surface area contributed by atoms with Gasteiger partial charge in [0.15, 0.2) is 11.5 Å². The monoisotopic (exact) mass is 427 g/mol. The number of carbonyl (C=O) groups is 2. The minimum absolute atomic E-state index is 0.0722. The van der Waals surface area contributed by atoms with E-state index < -0.39 is 0 Å². The molecule has 2 aromatic rings. The molecule has 0 saturated heterocycles. The van der Waals surface area contributed by atoms with E-state index in [1.165, 1.54) is 0 Å². The molecule has 0 N–H and O–H groups in total. The van der Waals surface area contributed by atoms with Crippen molar-refractivity contribution in [3.63, 3.8) is 0 Å². The number of hydrogen-bond acceptors (Lipinski definition) is 5. The van der Waals surface area contributed by atoms with E-state index in [0.29, 0.717) is 22.8 Å². The summed E-state index contributed by atoms with van der Waals surface area (Å²) >= 11 is 3.40. The van der Waals surface area contributed by atoms with Crippen molar-refractivity contribution in [3.05, 3.63) is 63.8 Å². The summed E-state index contributed by atoms with van der Waals surface area (Å²) in [7, 11) is 0. The summed E-state index contributed by atoms with van der Waals surface area (Å²) < 4.78 is 17.0. The molecule has 0 unspecified atom stereocenters. The second-order valence-corrected chi connectivity index (χ2v) is 7.43. The van der Waals surface area contributed by atoms with Crippen molar-refractivity contribution in [3.8, 4) is 11.5 Å². The first kappa shape index (κ1) is 16.4. The SMILES string of the molecule is O=C1OCC2=C1[C@@H](c1ccc3c(c1)OCO3)CC(=O)N2c1ccc(Br)cc1. The Balaban J connectivity index is 1.60. The van der Waals surface area contributed by atoms with Crippen LogP contribution >= 0.6 is 15.9 Å². The van der Waals surface area contributed by atoms with Gasteiger partial charge in [-0.05, 0) is 42.0 Å². The van der Waals surface area contributed by atoms with Crippen molar-refractivity contribution in [2.45, 2.75) is 12.3 Å². The van der Waals surface area contributed by atoms with Crippen LogP contribution in [0.15, 0.2) is 58.2 Å². The Kier molecular flexibility index (Phi) is 3.72. The number of amides is 1. The highest BCUT2D eigenvalue weighted by atomic mass is 79.9. The largest absolute Gasteiger partial charge is 0.456 e. The molecule has 7 heteroatoms. The fourth-order valence-corrected chi connectivity index (χ4v) is 4.02. The summed E-state index contributed by atoms with van der Waals surface area (Å²) in [5.74, 6) is 0.493. The minimum Gasteiger partial charge on any atom is -0.456 e. The topological polar surface area (TPSA) is 65.1 Å². The van der Waals surface area contributed by atoms with Crippen LogP contribution in [0.3, 0.4) is 0 Å². The van der Waals surface area contributed by atoms with E-state index in [1.807, 2.05) is 42.5 Å². The Hall–Kier alpha value is -2.80. The van der Waals surface area contributed by atoms with Crippen LogP contribution in [0.5, 0.6) is 11.5 Å². The van der Waals surface area contributed by atoms with Gasteiger partial charge in [0.2, 0.25) is 12.7 Å². The van der Waals surface area contributed by atoms with Gasteiger partial charge in [-0.2, -0.15) is 0 Å². The summed E-state index contributed by atoms with van der Waals surface area (Å²) in [4.78, 5) is 27.1. The van der Waals surface area contributed by atoms with Gasteiger partial charge in [-0.3, -0.25) is 9.69 Å². The molecule has 27 heavy (non-hydrogen) atoms. The molecule has 0 spiro atoms. The Labute approximate surface area is 163 Å². The zero-order chi connectivity index (χ0) is 18.5. The fourth-order valence-electron chi connectivity index (χ4n) is 3.76. The van der Waals surface area contributed by atoms with Gasteiger partial charge in [-0.1, -0.05) is 22.0 Å². The maximum absolute atomic E-state index is 13.0. The average molecular weight is 428 g/mol. The summed E-state index contributed by atoms with van der Waals surface area (Å²) in [6, 6.07) is 12.9. The summed E-state index contributed by atoms with van der Waals surface area (Å²) in [6.07, 6.45) is 0.184. The molecule has 3 heterocycles. The lowest BCUT2D eigenvalue weighted by atomic mass is 9.84. The van der Waals surface area contributed by atoms with E-state index in [-0.39, 0.29) is 37.6 Å². The van der Waals surface area contributed by atoms with Crippen molar-refractivity contribution in [2.75, 3.05) is 18.3 Å². The molecular weight excluding hydrogens is 414 g/mol. The van der Waals surface area contributed by atoms with E-state index >= 15 is 0 Å². The molecule has 3 aliphatic heterocycles. The lowest BCUT2D eigenvalue weighted by molar-refractivity contribution is -0.136. The highest BCUT2D eigenvalue weighted by molar-refractivity contribution is 9.10. The molecule has 6 nitrogen and oxygen atoms in total. The van der Waals surface area contributed by atoms with Crippen LogP contribution in [0.2, 0.25) is 0 Å².